The molecule has 0 unspecified atom stereocenters. The van der Waals surface area contributed by atoms with Crippen LogP contribution in [0.3, 0.4) is 0 Å². The molecule has 0 bridgehead atoms. The first kappa shape index (κ1) is 20.8. The summed E-state index contributed by atoms with van der Waals surface area (Å²) >= 11 is 1.29. The van der Waals surface area contributed by atoms with Crippen LogP contribution in [0.25, 0.3) is 0 Å². The molecule has 144 valence electrons. The third-order valence-electron chi connectivity index (χ3n) is 4.03. The molecule has 2 amide bonds. The molecule has 0 saturated heterocycles. The lowest BCUT2D eigenvalue weighted by molar-refractivity contribution is -0.119. The van der Waals surface area contributed by atoms with Gasteiger partial charge in [0, 0.05) is 11.3 Å². The number of thioether (sulfide) groups is 1. The van der Waals surface area contributed by atoms with Gasteiger partial charge in [0.05, 0.1) is 24.7 Å². The number of hydrogen-bond donors (Lipinski definition) is 2. The molecule has 1 atom stereocenters. The van der Waals surface area contributed by atoms with E-state index in [0.717, 1.165) is 28.1 Å². The number of aryl methyl sites for hydroxylation is 2. The van der Waals surface area contributed by atoms with E-state index in [1.54, 1.807) is 7.11 Å². The Morgan fingerprint density at radius 1 is 1.00 bits per heavy atom. The average Bonchev–Trinajstić information content (AvgIpc) is 2.63. The van der Waals surface area contributed by atoms with Gasteiger partial charge in [-0.2, -0.15) is 0 Å². The maximum absolute atomic E-state index is 12.2. The van der Waals surface area contributed by atoms with Crippen molar-refractivity contribution in [1.29, 1.82) is 0 Å². The highest BCUT2D eigenvalue weighted by molar-refractivity contribution is 8.00. The number of carbonyl (C=O) groups is 2. The largest absolute Gasteiger partial charge is 0.496 e. The van der Waals surface area contributed by atoms with Crippen LogP contribution >= 0.6 is 11.8 Å². The molecule has 5 nitrogen and oxygen atoms in total. The highest BCUT2D eigenvalue weighted by Gasteiger charge is 2.15. The molecular formula is C21H26N2O3S. The van der Waals surface area contributed by atoms with Crippen molar-refractivity contribution in [3.8, 4) is 5.75 Å². The first-order valence-corrected chi connectivity index (χ1v) is 9.92. The Bertz CT molecular complexity index is 791. The van der Waals surface area contributed by atoms with Gasteiger partial charge in [0.2, 0.25) is 11.8 Å². The summed E-state index contributed by atoms with van der Waals surface area (Å²) in [4.78, 5) is 24.1. The molecule has 2 aromatic rings. The van der Waals surface area contributed by atoms with Gasteiger partial charge in [0.15, 0.2) is 0 Å². The second-order valence-electron chi connectivity index (χ2n) is 6.44. The number of hydrogen-bond acceptors (Lipinski definition) is 4. The predicted molar refractivity (Wildman–Crippen MR) is 111 cm³/mol. The lowest BCUT2D eigenvalue weighted by Gasteiger charge is -2.18. The van der Waals surface area contributed by atoms with Crippen LogP contribution in [0.15, 0.2) is 42.5 Å². The molecule has 0 aliphatic heterocycles. The van der Waals surface area contributed by atoms with Gasteiger partial charge in [-0.1, -0.05) is 35.4 Å². The lowest BCUT2D eigenvalue weighted by atomic mass is 10.0. The number of benzene rings is 2. The zero-order chi connectivity index (χ0) is 19.8. The summed E-state index contributed by atoms with van der Waals surface area (Å²) < 4.78 is 5.37. The quantitative estimate of drug-likeness (QED) is 0.723. The van der Waals surface area contributed by atoms with Crippen molar-refractivity contribution in [2.45, 2.75) is 26.8 Å². The molecule has 0 saturated carbocycles. The van der Waals surface area contributed by atoms with Gasteiger partial charge >= 0.3 is 0 Å². The summed E-state index contributed by atoms with van der Waals surface area (Å²) in [6.07, 6.45) is 0. The molecule has 2 N–H and O–H groups in total. The standard InChI is InChI=1S/C21H26N2O3S/c1-14-5-8-17(9-6-14)23-21(25)13-27-12-20(24)22-16(3)18-11-15(2)7-10-19(18)26-4/h5-11,16H,12-13H2,1-4H3,(H,22,24)(H,23,25)/t16-/m0/s1. The fourth-order valence-electron chi connectivity index (χ4n) is 2.62. The maximum Gasteiger partial charge on any atom is 0.234 e. The van der Waals surface area contributed by atoms with E-state index in [-0.39, 0.29) is 29.4 Å². The zero-order valence-electron chi connectivity index (χ0n) is 16.2. The third-order valence-corrected chi connectivity index (χ3v) is 4.96. The first-order valence-electron chi connectivity index (χ1n) is 8.77. The van der Waals surface area contributed by atoms with Gasteiger partial charge in [0.25, 0.3) is 0 Å². The first-order chi connectivity index (χ1) is 12.9. The van der Waals surface area contributed by atoms with E-state index in [0.29, 0.717) is 0 Å². The molecule has 2 aromatic carbocycles. The molecule has 0 fully saturated rings. The molecule has 2 rings (SSSR count). The number of rotatable bonds is 8. The Kier molecular flexibility index (Phi) is 7.73. The fraction of sp³-hybridized carbons (Fsp3) is 0.333. The van der Waals surface area contributed by atoms with Gasteiger partial charge in [-0.3, -0.25) is 9.59 Å². The summed E-state index contributed by atoms with van der Waals surface area (Å²) in [5, 5.41) is 5.78. The van der Waals surface area contributed by atoms with E-state index < -0.39 is 0 Å². The highest BCUT2D eigenvalue weighted by Crippen LogP contribution is 2.26. The summed E-state index contributed by atoms with van der Waals surface area (Å²) in [5.41, 5.74) is 3.94. The molecule has 0 radical (unpaired) electrons. The maximum atomic E-state index is 12.2. The topological polar surface area (TPSA) is 67.4 Å². The number of anilines is 1. The van der Waals surface area contributed by atoms with E-state index >= 15 is 0 Å². The van der Waals surface area contributed by atoms with E-state index in [1.807, 2.05) is 63.2 Å². The van der Waals surface area contributed by atoms with Crippen LogP contribution in [0.4, 0.5) is 5.69 Å². The van der Waals surface area contributed by atoms with E-state index in [1.165, 1.54) is 11.8 Å². The Morgan fingerprint density at radius 2 is 1.63 bits per heavy atom. The molecule has 0 aliphatic rings. The normalized spacial score (nSPS) is 11.6. The number of amides is 2. The third kappa shape index (κ3) is 6.64. The van der Waals surface area contributed by atoms with E-state index in [4.69, 9.17) is 4.74 Å². The highest BCUT2D eigenvalue weighted by atomic mass is 32.2. The monoisotopic (exact) mass is 386 g/mol. The summed E-state index contributed by atoms with van der Waals surface area (Å²) in [6, 6.07) is 13.3. The van der Waals surface area contributed by atoms with E-state index in [2.05, 4.69) is 10.6 Å². The molecule has 0 aromatic heterocycles. The van der Waals surface area contributed by atoms with Crippen LogP contribution in [0.2, 0.25) is 0 Å². The predicted octanol–water partition coefficient (Wildman–Crippen LogP) is 3.86. The van der Waals surface area contributed by atoms with Crippen molar-refractivity contribution in [2.24, 2.45) is 0 Å². The number of nitrogens with one attached hydrogen (secondary N) is 2. The molecular weight excluding hydrogens is 360 g/mol. The summed E-state index contributed by atoms with van der Waals surface area (Å²) in [6.45, 7) is 5.91. The average molecular weight is 387 g/mol. The fourth-order valence-corrected chi connectivity index (χ4v) is 3.25. The second kappa shape index (κ2) is 10.0. The Hall–Kier alpha value is -2.47. The van der Waals surface area contributed by atoms with Crippen LogP contribution in [0.1, 0.15) is 29.7 Å². The zero-order valence-corrected chi connectivity index (χ0v) is 17.0. The lowest BCUT2D eigenvalue weighted by Crippen LogP contribution is -2.29. The van der Waals surface area contributed by atoms with Gasteiger partial charge in [0.1, 0.15) is 5.75 Å². The van der Waals surface area contributed by atoms with Crippen LogP contribution < -0.4 is 15.4 Å². The van der Waals surface area contributed by atoms with Crippen molar-refractivity contribution >= 4 is 29.3 Å². The van der Waals surface area contributed by atoms with Crippen LogP contribution in [-0.2, 0) is 9.59 Å². The number of carbonyl (C=O) groups excluding carboxylic acids is 2. The summed E-state index contributed by atoms with van der Waals surface area (Å²) in [7, 11) is 1.62. The number of methoxy groups -OCH3 is 1. The molecule has 6 heteroatoms. The van der Waals surface area contributed by atoms with Crippen LogP contribution in [0, 0.1) is 13.8 Å². The Balaban J connectivity index is 1.78. The smallest absolute Gasteiger partial charge is 0.234 e. The number of ether oxygens (including phenoxy) is 1. The molecule has 27 heavy (non-hydrogen) atoms. The minimum absolute atomic E-state index is 0.112. The summed E-state index contributed by atoms with van der Waals surface area (Å²) in [5.74, 6) is 0.964. The molecule has 0 heterocycles. The minimum atomic E-state index is -0.172. The molecule has 0 aliphatic carbocycles. The van der Waals surface area contributed by atoms with Crippen molar-refractivity contribution in [3.05, 3.63) is 59.2 Å². The van der Waals surface area contributed by atoms with Gasteiger partial charge in [-0.05, 0) is 39.0 Å². The van der Waals surface area contributed by atoms with Gasteiger partial charge < -0.3 is 15.4 Å². The van der Waals surface area contributed by atoms with Crippen molar-refractivity contribution in [1.82, 2.24) is 5.32 Å². The van der Waals surface area contributed by atoms with Crippen molar-refractivity contribution < 1.29 is 14.3 Å². The van der Waals surface area contributed by atoms with Crippen LogP contribution in [-0.4, -0.2) is 30.4 Å². The SMILES string of the molecule is COc1ccc(C)cc1[C@H](C)NC(=O)CSCC(=O)Nc1ccc(C)cc1. The minimum Gasteiger partial charge on any atom is -0.496 e. The van der Waals surface area contributed by atoms with Gasteiger partial charge in [-0.15, -0.1) is 11.8 Å². The van der Waals surface area contributed by atoms with Gasteiger partial charge in [-0.25, -0.2) is 0 Å². The van der Waals surface area contributed by atoms with E-state index in [9.17, 15) is 9.59 Å². The second-order valence-corrected chi connectivity index (χ2v) is 7.43. The molecule has 0 spiro atoms. The van der Waals surface area contributed by atoms with Crippen molar-refractivity contribution in [2.75, 3.05) is 23.9 Å². The Labute approximate surface area is 164 Å². The van der Waals surface area contributed by atoms with Crippen molar-refractivity contribution in [3.63, 3.8) is 0 Å². The Morgan fingerprint density at radius 3 is 2.30 bits per heavy atom. The van der Waals surface area contributed by atoms with Crippen LogP contribution in [0.5, 0.6) is 5.75 Å².